The molecule has 0 N–H and O–H groups in total. The van der Waals surface area contributed by atoms with Crippen LogP contribution in [0.1, 0.15) is 71.3 Å². The minimum atomic E-state index is 0.963. The number of rotatable bonds is 6. The van der Waals surface area contributed by atoms with Crippen molar-refractivity contribution in [3.05, 3.63) is 35.9 Å². The van der Waals surface area contributed by atoms with E-state index in [1.54, 1.807) is 0 Å². The van der Waals surface area contributed by atoms with Crippen molar-refractivity contribution in [2.24, 2.45) is 5.92 Å². The van der Waals surface area contributed by atoms with Gasteiger partial charge in [-0.1, -0.05) is 83.2 Å². The highest BCUT2D eigenvalue weighted by atomic mass is 15.1. The minimum Gasteiger partial charge on any atom is -0.299 e. The molecule has 0 amide bonds. The first-order valence-corrected chi connectivity index (χ1v) is 9.02. The maximum absolute atomic E-state index is 2.55. The summed E-state index contributed by atoms with van der Waals surface area (Å²) in [5.41, 5.74) is 1.45. The quantitative estimate of drug-likeness (QED) is 0.630. The van der Waals surface area contributed by atoms with E-state index in [2.05, 4.69) is 56.0 Å². The molecule has 1 saturated heterocycles. The Hall–Kier alpha value is -0.820. The Morgan fingerprint density at radius 1 is 0.905 bits per heavy atom. The maximum atomic E-state index is 2.55. The van der Waals surface area contributed by atoms with Gasteiger partial charge in [-0.25, -0.2) is 0 Å². The summed E-state index contributed by atoms with van der Waals surface area (Å²) in [4.78, 5) is 2.55. The fourth-order valence-electron chi connectivity index (χ4n) is 3.09. The second-order valence-corrected chi connectivity index (χ2v) is 6.50. The van der Waals surface area contributed by atoms with Gasteiger partial charge in [0.1, 0.15) is 0 Å². The van der Waals surface area contributed by atoms with E-state index in [1.165, 1.54) is 63.6 Å². The van der Waals surface area contributed by atoms with Crippen LogP contribution in [0.2, 0.25) is 0 Å². The fraction of sp³-hybridized carbons (Fsp3) is 0.700. The van der Waals surface area contributed by atoms with Crippen molar-refractivity contribution in [3.8, 4) is 0 Å². The molecule has 0 spiro atoms. The summed E-state index contributed by atoms with van der Waals surface area (Å²) in [5.74, 6) is 0.963. The van der Waals surface area contributed by atoms with Gasteiger partial charge in [-0.2, -0.15) is 0 Å². The van der Waals surface area contributed by atoms with Crippen molar-refractivity contribution in [1.82, 2.24) is 4.90 Å². The number of nitrogens with zero attached hydrogens (tertiary/aromatic N) is 1. The van der Waals surface area contributed by atoms with Gasteiger partial charge in [-0.15, -0.1) is 0 Å². The van der Waals surface area contributed by atoms with Gasteiger partial charge >= 0.3 is 0 Å². The highest BCUT2D eigenvalue weighted by Crippen LogP contribution is 2.12. The van der Waals surface area contributed by atoms with Crippen LogP contribution >= 0.6 is 0 Å². The molecule has 1 heteroatoms. The molecule has 1 fully saturated rings. The van der Waals surface area contributed by atoms with Crippen LogP contribution in [-0.4, -0.2) is 18.0 Å². The summed E-state index contributed by atoms with van der Waals surface area (Å²) in [5, 5.41) is 0. The molecular formula is C20H35N. The Balaban J connectivity index is 0.000000240. The largest absolute Gasteiger partial charge is 0.299 e. The molecule has 1 aliphatic rings. The van der Waals surface area contributed by atoms with Crippen LogP contribution < -0.4 is 0 Å². The zero-order valence-electron chi connectivity index (χ0n) is 14.5. The van der Waals surface area contributed by atoms with Gasteiger partial charge in [0.25, 0.3) is 0 Å². The van der Waals surface area contributed by atoms with E-state index in [-0.39, 0.29) is 0 Å². The van der Waals surface area contributed by atoms with Crippen molar-refractivity contribution < 1.29 is 0 Å². The van der Waals surface area contributed by atoms with Crippen LogP contribution in [0.25, 0.3) is 0 Å². The van der Waals surface area contributed by atoms with E-state index >= 15 is 0 Å². The molecule has 1 nitrogen and oxygen atoms in total. The van der Waals surface area contributed by atoms with Crippen LogP contribution in [0, 0.1) is 5.92 Å². The molecule has 120 valence electrons. The van der Waals surface area contributed by atoms with E-state index in [4.69, 9.17) is 0 Å². The maximum Gasteiger partial charge on any atom is 0.0233 e. The predicted octanol–water partition coefficient (Wildman–Crippen LogP) is 5.90. The minimum absolute atomic E-state index is 0.963. The van der Waals surface area contributed by atoms with Crippen LogP contribution in [0.3, 0.4) is 0 Å². The Bertz CT molecular complexity index is 321. The van der Waals surface area contributed by atoms with E-state index < -0.39 is 0 Å². The number of piperidine rings is 1. The van der Waals surface area contributed by atoms with Gasteiger partial charge in [-0.05, 0) is 37.4 Å². The van der Waals surface area contributed by atoms with Crippen LogP contribution in [0.15, 0.2) is 30.3 Å². The molecule has 0 aliphatic carbocycles. The standard InChI is InChI=1S/C12H17N.C8H18/c1-3-7-12(8-4-1)11-13-9-5-2-6-10-13;1-4-6-8(3)7-5-2/h1,3-4,7-8H,2,5-6,9-11H2;8H,4-7H2,1-3H3. The molecule has 0 bridgehead atoms. The third-order valence-corrected chi connectivity index (χ3v) is 4.26. The van der Waals surface area contributed by atoms with Crippen LogP contribution in [0.4, 0.5) is 0 Å². The smallest absolute Gasteiger partial charge is 0.0233 e. The Morgan fingerprint density at radius 2 is 1.48 bits per heavy atom. The van der Waals surface area contributed by atoms with Crippen molar-refractivity contribution in [3.63, 3.8) is 0 Å². The first-order valence-electron chi connectivity index (χ1n) is 9.02. The summed E-state index contributed by atoms with van der Waals surface area (Å²) in [7, 11) is 0. The molecule has 1 heterocycles. The molecule has 2 rings (SSSR count). The molecule has 0 saturated carbocycles. The molecule has 0 unspecified atom stereocenters. The lowest BCUT2D eigenvalue weighted by atomic mass is 10.0. The lowest BCUT2D eigenvalue weighted by Gasteiger charge is -2.26. The molecule has 21 heavy (non-hydrogen) atoms. The number of hydrogen-bond donors (Lipinski definition) is 0. The number of hydrogen-bond acceptors (Lipinski definition) is 1. The first kappa shape index (κ1) is 18.2. The van der Waals surface area contributed by atoms with Crippen LogP contribution in [-0.2, 0) is 6.54 Å². The number of likely N-dealkylation sites (tertiary alicyclic amines) is 1. The van der Waals surface area contributed by atoms with E-state index in [9.17, 15) is 0 Å². The first-order chi connectivity index (χ1) is 10.3. The van der Waals surface area contributed by atoms with Crippen molar-refractivity contribution >= 4 is 0 Å². The molecule has 1 aromatic rings. The molecule has 0 aromatic heterocycles. The zero-order chi connectivity index (χ0) is 15.3. The monoisotopic (exact) mass is 289 g/mol. The van der Waals surface area contributed by atoms with E-state index in [0.717, 1.165) is 12.5 Å². The third kappa shape index (κ3) is 8.93. The zero-order valence-corrected chi connectivity index (χ0v) is 14.5. The second kappa shape index (κ2) is 11.8. The average Bonchev–Trinajstić information content (AvgIpc) is 2.50. The Morgan fingerprint density at radius 3 is 2.00 bits per heavy atom. The lowest BCUT2D eigenvalue weighted by molar-refractivity contribution is 0.221. The molecule has 1 aromatic carbocycles. The van der Waals surface area contributed by atoms with Gasteiger partial charge < -0.3 is 0 Å². The molecule has 0 radical (unpaired) electrons. The van der Waals surface area contributed by atoms with Gasteiger partial charge in [0, 0.05) is 6.54 Å². The predicted molar refractivity (Wildman–Crippen MR) is 94.6 cm³/mol. The summed E-state index contributed by atoms with van der Waals surface area (Å²) < 4.78 is 0. The Kier molecular flexibility index (Phi) is 10.2. The van der Waals surface area contributed by atoms with Gasteiger partial charge in [0.05, 0.1) is 0 Å². The van der Waals surface area contributed by atoms with Crippen molar-refractivity contribution in [2.45, 2.75) is 72.3 Å². The Labute approximate surface area is 132 Å². The number of benzene rings is 1. The highest BCUT2D eigenvalue weighted by Gasteiger charge is 2.09. The molecular weight excluding hydrogens is 254 g/mol. The SMILES string of the molecule is CCCC(C)CCC.c1ccc(CN2CCCCC2)cc1. The normalized spacial score (nSPS) is 15.6. The highest BCUT2D eigenvalue weighted by molar-refractivity contribution is 5.14. The van der Waals surface area contributed by atoms with Gasteiger partial charge in [0.2, 0.25) is 0 Å². The van der Waals surface area contributed by atoms with E-state index in [1.807, 2.05) is 0 Å². The summed E-state index contributed by atoms with van der Waals surface area (Å²) >= 11 is 0. The molecule has 1 aliphatic heterocycles. The lowest BCUT2D eigenvalue weighted by Crippen LogP contribution is -2.28. The summed E-state index contributed by atoms with van der Waals surface area (Å²) in [6.07, 6.45) is 9.70. The topological polar surface area (TPSA) is 3.24 Å². The summed E-state index contributed by atoms with van der Waals surface area (Å²) in [6, 6.07) is 10.8. The van der Waals surface area contributed by atoms with Crippen molar-refractivity contribution in [1.29, 1.82) is 0 Å². The van der Waals surface area contributed by atoms with Gasteiger partial charge in [-0.3, -0.25) is 4.90 Å². The van der Waals surface area contributed by atoms with Gasteiger partial charge in [0.15, 0.2) is 0 Å². The van der Waals surface area contributed by atoms with E-state index in [0.29, 0.717) is 0 Å². The summed E-state index contributed by atoms with van der Waals surface area (Å²) in [6.45, 7) is 10.6. The average molecular weight is 290 g/mol. The fourth-order valence-corrected chi connectivity index (χ4v) is 3.09. The third-order valence-electron chi connectivity index (χ3n) is 4.26. The van der Waals surface area contributed by atoms with Crippen molar-refractivity contribution in [2.75, 3.05) is 13.1 Å². The van der Waals surface area contributed by atoms with Crippen LogP contribution in [0.5, 0.6) is 0 Å². The second-order valence-electron chi connectivity index (χ2n) is 6.50. The molecule has 0 atom stereocenters.